The SMILES string of the molecule is COc1ccc2nc3cc(Cl)ccc3c(NCCCNCc3cc4ccccc4o3)c2c1. The van der Waals surface area contributed by atoms with Crippen LogP contribution in [0.2, 0.25) is 5.02 Å². The largest absolute Gasteiger partial charge is 0.497 e. The maximum Gasteiger partial charge on any atom is 0.134 e. The maximum atomic E-state index is 6.21. The van der Waals surface area contributed by atoms with Crippen molar-refractivity contribution in [2.75, 3.05) is 25.5 Å². The first-order valence-electron chi connectivity index (χ1n) is 10.7. The lowest BCUT2D eigenvalue weighted by Gasteiger charge is -2.14. The second-order valence-electron chi connectivity index (χ2n) is 7.74. The molecule has 0 amide bonds. The van der Waals surface area contributed by atoms with Crippen molar-refractivity contribution < 1.29 is 9.15 Å². The van der Waals surface area contributed by atoms with E-state index >= 15 is 0 Å². The van der Waals surface area contributed by atoms with E-state index in [1.54, 1.807) is 7.11 Å². The van der Waals surface area contributed by atoms with Crippen molar-refractivity contribution in [3.05, 3.63) is 77.5 Å². The Morgan fingerprint density at radius 3 is 2.72 bits per heavy atom. The Morgan fingerprint density at radius 2 is 1.84 bits per heavy atom. The van der Waals surface area contributed by atoms with E-state index in [0.717, 1.165) is 69.5 Å². The summed E-state index contributed by atoms with van der Waals surface area (Å²) in [6, 6.07) is 21.9. The number of ether oxygens (including phenoxy) is 1. The molecule has 0 saturated heterocycles. The van der Waals surface area contributed by atoms with Crippen LogP contribution in [0.15, 0.2) is 71.1 Å². The third-order valence-electron chi connectivity index (χ3n) is 5.55. The van der Waals surface area contributed by atoms with E-state index in [1.165, 1.54) is 0 Å². The molecular weight excluding hydrogens is 422 g/mol. The smallest absolute Gasteiger partial charge is 0.134 e. The molecule has 162 valence electrons. The first-order valence-corrected chi connectivity index (χ1v) is 11.1. The van der Waals surface area contributed by atoms with Crippen LogP contribution in [0.1, 0.15) is 12.2 Å². The van der Waals surface area contributed by atoms with Gasteiger partial charge in [0.05, 0.1) is 30.4 Å². The number of hydrogen-bond acceptors (Lipinski definition) is 5. The highest BCUT2D eigenvalue weighted by atomic mass is 35.5. The Hall–Kier alpha value is -3.28. The summed E-state index contributed by atoms with van der Waals surface area (Å²) in [6.07, 6.45) is 0.961. The zero-order valence-electron chi connectivity index (χ0n) is 17.8. The standard InChI is InChI=1S/C26H24ClN3O2/c1-31-19-8-10-23-22(15-19)26(21-9-7-18(27)14-24(21)30-23)29-12-4-11-28-16-20-13-17-5-2-3-6-25(17)32-20/h2-3,5-10,13-15,28H,4,11-12,16H2,1H3,(H,29,30). The number of benzene rings is 3. The molecule has 5 rings (SSSR count). The van der Waals surface area contributed by atoms with Crippen molar-refractivity contribution in [3.8, 4) is 5.75 Å². The molecule has 0 aliphatic heterocycles. The lowest BCUT2D eigenvalue weighted by Crippen LogP contribution is -2.17. The molecule has 32 heavy (non-hydrogen) atoms. The van der Waals surface area contributed by atoms with Crippen molar-refractivity contribution in [1.82, 2.24) is 10.3 Å². The predicted molar refractivity (Wildman–Crippen MR) is 132 cm³/mol. The number of aromatic nitrogens is 1. The molecular formula is C26H24ClN3O2. The molecule has 3 aromatic carbocycles. The molecule has 0 saturated carbocycles. The molecule has 0 radical (unpaired) electrons. The van der Waals surface area contributed by atoms with E-state index in [1.807, 2.05) is 54.6 Å². The van der Waals surface area contributed by atoms with Gasteiger partial charge in [0.15, 0.2) is 0 Å². The fourth-order valence-electron chi connectivity index (χ4n) is 3.98. The number of nitrogens with one attached hydrogen (secondary N) is 2. The summed E-state index contributed by atoms with van der Waals surface area (Å²) in [5, 5.41) is 11.0. The van der Waals surface area contributed by atoms with Gasteiger partial charge in [-0.2, -0.15) is 0 Å². The van der Waals surface area contributed by atoms with Crippen LogP contribution in [0.25, 0.3) is 32.8 Å². The summed E-state index contributed by atoms with van der Waals surface area (Å²) in [7, 11) is 1.68. The monoisotopic (exact) mass is 445 g/mol. The van der Waals surface area contributed by atoms with Crippen molar-refractivity contribution in [3.63, 3.8) is 0 Å². The van der Waals surface area contributed by atoms with Gasteiger partial charge in [-0.3, -0.25) is 0 Å². The van der Waals surface area contributed by atoms with Crippen LogP contribution in [0, 0.1) is 0 Å². The van der Waals surface area contributed by atoms with Crippen LogP contribution < -0.4 is 15.4 Å². The summed E-state index contributed by atoms with van der Waals surface area (Å²) in [4.78, 5) is 4.78. The number of pyridine rings is 1. The van der Waals surface area contributed by atoms with Crippen LogP contribution in [-0.2, 0) is 6.54 Å². The first-order chi connectivity index (χ1) is 15.7. The van der Waals surface area contributed by atoms with Gasteiger partial charge in [-0.05, 0) is 61.5 Å². The molecule has 5 aromatic rings. The van der Waals surface area contributed by atoms with Gasteiger partial charge >= 0.3 is 0 Å². The van der Waals surface area contributed by atoms with Crippen molar-refractivity contribution >= 4 is 50.1 Å². The number of hydrogen-bond donors (Lipinski definition) is 2. The van der Waals surface area contributed by atoms with Crippen LogP contribution in [-0.4, -0.2) is 25.2 Å². The number of halogens is 1. The van der Waals surface area contributed by atoms with Gasteiger partial charge in [-0.25, -0.2) is 4.98 Å². The summed E-state index contributed by atoms with van der Waals surface area (Å²) in [5.41, 5.74) is 3.77. The third kappa shape index (κ3) is 4.22. The number of methoxy groups -OCH3 is 1. The quantitative estimate of drug-likeness (QED) is 0.214. The molecule has 0 aliphatic carbocycles. The molecule has 2 N–H and O–H groups in total. The Kier molecular flexibility index (Phi) is 5.84. The van der Waals surface area contributed by atoms with Crippen LogP contribution in [0.4, 0.5) is 5.69 Å². The highest BCUT2D eigenvalue weighted by Crippen LogP contribution is 2.34. The van der Waals surface area contributed by atoms with Gasteiger partial charge < -0.3 is 19.8 Å². The third-order valence-corrected chi connectivity index (χ3v) is 5.79. The van der Waals surface area contributed by atoms with Crippen LogP contribution in [0.3, 0.4) is 0 Å². The number of anilines is 1. The van der Waals surface area contributed by atoms with Gasteiger partial charge in [-0.1, -0.05) is 29.8 Å². The number of nitrogens with zero attached hydrogens (tertiary/aromatic N) is 1. The van der Waals surface area contributed by atoms with E-state index in [4.69, 9.17) is 25.7 Å². The second kappa shape index (κ2) is 9.07. The summed E-state index contributed by atoms with van der Waals surface area (Å²) in [5.74, 6) is 1.76. The maximum absolute atomic E-state index is 6.21. The fraction of sp³-hybridized carbons (Fsp3) is 0.192. The van der Waals surface area contributed by atoms with E-state index in [0.29, 0.717) is 11.6 Å². The first kappa shape index (κ1) is 20.6. The minimum Gasteiger partial charge on any atom is -0.497 e. The lowest BCUT2D eigenvalue weighted by molar-refractivity contribution is 0.415. The highest BCUT2D eigenvalue weighted by Gasteiger charge is 2.11. The van der Waals surface area contributed by atoms with Gasteiger partial charge in [0.25, 0.3) is 0 Å². The van der Waals surface area contributed by atoms with Gasteiger partial charge in [-0.15, -0.1) is 0 Å². The molecule has 6 heteroatoms. The van der Waals surface area contributed by atoms with Gasteiger partial charge in [0.2, 0.25) is 0 Å². The van der Waals surface area contributed by atoms with Gasteiger partial charge in [0, 0.05) is 27.7 Å². The lowest BCUT2D eigenvalue weighted by atomic mass is 10.1. The average Bonchev–Trinajstić information content (AvgIpc) is 3.23. The molecule has 0 spiro atoms. The topological polar surface area (TPSA) is 59.3 Å². The normalized spacial score (nSPS) is 11.4. The molecule has 0 fully saturated rings. The fourth-order valence-corrected chi connectivity index (χ4v) is 4.14. The van der Waals surface area contributed by atoms with Gasteiger partial charge in [0.1, 0.15) is 17.1 Å². The van der Waals surface area contributed by atoms with Crippen molar-refractivity contribution in [1.29, 1.82) is 0 Å². The van der Waals surface area contributed by atoms with E-state index < -0.39 is 0 Å². The Morgan fingerprint density at radius 1 is 0.938 bits per heavy atom. The second-order valence-corrected chi connectivity index (χ2v) is 8.18. The highest BCUT2D eigenvalue weighted by molar-refractivity contribution is 6.31. The summed E-state index contributed by atoms with van der Waals surface area (Å²) in [6.45, 7) is 2.41. The van der Waals surface area contributed by atoms with Crippen molar-refractivity contribution in [2.45, 2.75) is 13.0 Å². The Bertz CT molecular complexity index is 1360. The Balaban J connectivity index is 1.27. The van der Waals surface area contributed by atoms with E-state index in [9.17, 15) is 0 Å². The minimum absolute atomic E-state index is 0.679. The van der Waals surface area contributed by atoms with E-state index in [-0.39, 0.29) is 0 Å². The number of fused-ring (bicyclic) bond motifs is 3. The predicted octanol–water partition coefficient (Wildman–Crippen LogP) is 6.39. The molecule has 2 aromatic heterocycles. The molecule has 2 heterocycles. The molecule has 0 aliphatic rings. The van der Waals surface area contributed by atoms with Crippen molar-refractivity contribution in [2.24, 2.45) is 0 Å². The average molecular weight is 446 g/mol. The Labute approximate surface area is 191 Å². The van der Waals surface area contributed by atoms with Crippen LogP contribution >= 0.6 is 11.6 Å². The number of furan rings is 1. The molecule has 0 atom stereocenters. The summed E-state index contributed by atoms with van der Waals surface area (Å²) >= 11 is 6.21. The van der Waals surface area contributed by atoms with E-state index in [2.05, 4.69) is 22.8 Å². The zero-order chi connectivity index (χ0) is 21.9. The zero-order valence-corrected chi connectivity index (χ0v) is 18.6. The molecule has 5 nitrogen and oxygen atoms in total. The molecule has 0 bridgehead atoms. The summed E-state index contributed by atoms with van der Waals surface area (Å²) < 4.78 is 11.3. The number of para-hydroxylation sites is 1. The van der Waals surface area contributed by atoms with Crippen LogP contribution in [0.5, 0.6) is 5.75 Å². The number of rotatable bonds is 8. The molecule has 0 unspecified atom stereocenters. The minimum atomic E-state index is 0.679.